The van der Waals surface area contributed by atoms with Crippen LogP contribution in [0.4, 0.5) is 10.1 Å². The fourth-order valence-electron chi connectivity index (χ4n) is 4.12. The zero-order valence-corrected chi connectivity index (χ0v) is 20.9. The summed E-state index contributed by atoms with van der Waals surface area (Å²) in [6.07, 6.45) is 0. The first-order chi connectivity index (χ1) is 17.1. The average Bonchev–Trinajstić information content (AvgIpc) is 2.80. The maximum Gasteiger partial charge on any atom is 0.309 e. The molecule has 36 heavy (non-hydrogen) atoms. The molecule has 4 rings (SSSR count). The molecule has 0 aliphatic carbocycles. The van der Waals surface area contributed by atoms with E-state index in [-0.39, 0.29) is 11.7 Å². The summed E-state index contributed by atoms with van der Waals surface area (Å²) in [7, 11) is 0. The molecular formula is C29H33FN2O4. The van der Waals surface area contributed by atoms with Crippen molar-refractivity contribution in [3.8, 4) is 11.1 Å². The topological polar surface area (TPSA) is 81.1 Å². The molecule has 0 unspecified atom stereocenters. The molecule has 0 bridgehead atoms. The highest BCUT2D eigenvalue weighted by molar-refractivity contribution is 5.71. The van der Waals surface area contributed by atoms with Gasteiger partial charge in [-0.3, -0.25) is 14.5 Å². The number of halogens is 1. The van der Waals surface area contributed by atoms with Gasteiger partial charge in [-0.1, -0.05) is 48.5 Å². The van der Waals surface area contributed by atoms with Gasteiger partial charge in [0.05, 0.1) is 5.92 Å². The lowest BCUT2D eigenvalue weighted by molar-refractivity contribution is -0.147. The lowest BCUT2D eigenvalue weighted by atomic mass is 9.98. The van der Waals surface area contributed by atoms with Gasteiger partial charge in [-0.05, 0) is 60.4 Å². The summed E-state index contributed by atoms with van der Waals surface area (Å²) in [4.78, 5) is 24.4. The molecule has 0 spiro atoms. The predicted molar refractivity (Wildman–Crippen MR) is 139 cm³/mol. The van der Waals surface area contributed by atoms with Gasteiger partial charge in [0.1, 0.15) is 5.82 Å². The molecule has 7 heteroatoms. The van der Waals surface area contributed by atoms with Crippen molar-refractivity contribution in [1.82, 2.24) is 4.90 Å². The average molecular weight is 493 g/mol. The number of carboxylic acids is 2. The number of carbonyl (C=O) groups is 2. The molecule has 190 valence electrons. The maximum absolute atomic E-state index is 13.3. The number of hydrogen-bond donors (Lipinski definition) is 2. The van der Waals surface area contributed by atoms with Crippen LogP contribution in [0.2, 0.25) is 0 Å². The zero-order chi connectivity index (χ0) is 26.2. The van der Waals surface area contributed by atoms with Gasteiger partial charge in [-0.25, -0.2) is 4.39 Å². The van der Waals surface area contributed by atoms with E-state index in [2.05, 4.69) is 72.2 Å². The first-order valence-electron chi connectivity index (χ1n) is 12.0. The third kappa shape index (κ3) is 7.65. The normalized spacial score (nSPS) is 13.5. The largest absolute Gasteiger partial charge is 0.481 e. The molecule has 3 aromatic carbocycles. The zero-order valence-electron chi connectivity index (χ0n) is 20.9. The second-order valence-corrected chi connectivity index (χ2v) is 9.34. The van der Waals surface area contributed by atoms with Crippen LogP contribution in [0.15, 0.2) is 72.8 Å². The summed E-state index contributed by atoms with van der Waals surface area (Å²) in [6, 6.07) is 24.0. The van der Waals surface area contributed by atoms with E-state index in [9.17, 15) is 9.18 Å². The molecule has 1 fully saturated rings. The van der Waals surface area contributed by atoms with Crippen molar-refractivity contribution in [2.75, 3.05) is 18.0 Å². The standard InChI is InChI=1S/C27H29FN2O2.C2H4O2/c1-19(2)30(26-13-11-25(28)12-14-26)16-21-5-9-23(10-6-21)22-7-3-20(4-8-22)15-29-17-24(18-29)27(31)32;1-2(3)4/h3-14,19,24H,15-18H2,1-2H3,(H,31,32);1H3,(H,3,4). The Morgan fingerprint density at radius 3 is 1.81 bits per heavy atom. The molecule has 1 saturated heterocycles. The van der Waals surface area contributed by atoms with Gasteiger partial charge < -0.3 is 15.1 Å². The number of aliphatic carboxylic acids is 2. The van der Waals surface area contributed by atoms with Gasteiger partial charge >= 0.3 is 5.97 Å². The van der Waals surface area contributed by atoms with Crippen molar-refractivity contribution in [2.45, 2.75) is 39.9 Å². The summed E-state index contributed by atoms with van der Waals surface area (Å²) in [5.41, 5.74) is 5.73. The molecular weight excluding hydrogens is 459 g/mol. The van der Waals surface area contributed by atoms with E-state index in [4.69, 9.17) is 15.0 Å². The van der Waals surface area contributed by atoms with E-state index in [0.717, 1.165) is 36.8 Å². The maximum atomic E-state index is 13.3. The summed E-state index contributed by atoms with van der Waals surface area (Å²) in [5.74, 6) is -1.97. The van der Waals surface area contributed by atoms with Crippen LogP contribution in [0.25, 0.3) is 11.1 Å². The van der Waals surface area contributed by atoms with E-state index in [1.165, 1.54) is 23.3 Å². The van der Waals surface area contributed by atoms with Crippen molar-refractivity contribution in [2.24, 2.45) is 5.92 Å². The number of rotatable bonds is 8. The SMILES string of the molecule is CC(=O)O.CC(C)N(Cc1ccc(-c2ccc(CN3CC(C(=O)O)C3)cc2)cc1)c1ccc(F)cc1. The number of hydrogen-bond acceptors (Lipinski definition) is 4. The Labute approximate surface area is 211 Å². The van der Waals surface area contributed by atoms with Gasteiger partial charge in [0.15, 0.2) is 0 Å². The minimum Gasteiger partial charge on any atom is -0.481 e. The van der Waals surface area contributed by atoms with Crippen molar-refractivity contribution in [1.29, 1.82) is 0 Å². The van der Waals surface area contributed by atoms with E-state index in [1.54, 1.807) is 0 Å². The van der Waals surface area contributed by atoms with Crippen LogP contribution in [0, 0.1) is 11.7 Å². The highest BCUT2D eigenvalue weighted by Crippen LogP contribution is 2.25. The molecule has 0 saturated carbocycles. The Kier molecular flexibility index (Phi) is 9.19. The van der Waals surface area contributed by atoms with Crippen molar-refractivity contribution >= 4 is 17.6 Å². The van der Waals surface area contributed by atoms with Crippen molar-refractivity contribution in [3.05, 3.63) is 89.7 Å². The predicted octanol–water partition coefficient (Wildman–Crippen LogP) is 5.52. The van der Waals surface area contributed by atoms with Crippen molar-refractivity contribution < 1.29 is 24.2 Å². The molecule has 1 aliphatic heterocycles. The molecule has 6 nitrogen and oxygen atoms in total. The fraction of sp³-hybridized carbons (Fsp3) is 0.310. The Morgan fingerprint density at radius 1 is 0.889 bits per heavy atom. The number of carboxylic acid groups (broad SMARTS) is 2. The van der Waals surface area contributed by atoms with Crippen LogP contribution < -0.4 is 4.90 Å². The van der Waals surface area contributed by atoms with Gasteiger partial charge in [-0.2, -0.15) is 0 Å². The van der Waals surface area contributed by atoms with Crippen LogP contribution in [0.3, 0.4) is 0 Å². The summed E-state index contributed by atoms with van der Waals surface area (Å²) >= 11 is 0. The van der Waals surface area contributed by atoms with Crippen LogP contribution in [0.1, 0.15) is 31.9 Å². The molecule has 2 N–H and O–H groups in total. The van der Waals surface area contributed by atoms with Gasteiger partial charge in [0.25, 0.3) is 5.97 Å². The first kappa shape index (κ1) is 26.9. The number of benzene rings is 3. The van der Waals surface area contributed by atoms with Crippen LogP contribution in [-0.2, 0) is 22.7 Å². The minimum atomic E-state index is -0.833. The van der Waals surface area contributed by atoms with Crippen LogP contribution in [0.5, 0.6) is 0 Å². The highest BCUT2D eigenvalue weighted by Gasteiger charge is 2.32. The smallest absolute Gasteiger partial charge is 0.309 e. The number of likely N-dealkylation sites (tertiary alicyclic amines) is 1. The van der Waals surface area contributed by atoms with Gasteiger partial charge in [0, 0.05) is 44.8 Å². The second-order valence-electron chi connectivity index (χ2n) is 9.34. The second kappa shape index (κ2) is 12.3. The summed E-state index contributed by atoms with van der Waals surface area (Å²) in [5, 5.41) is 16.4. The van der Waals surface area contributed by atoms with E-state index in [1.807, 2.05) is 12.1 Å². The molecule has 1 heterocycles. The molecule has 1 aliphatic rings. The molecule has 3 aromatic rings. The van der Waals surface area contributed by atoms with E-state index in [0.29, 0.717) is 19.1 Å². The molecule has 0 radical (unpaired) electrons. The van der Waals surface area contributed by atoms with E-state index < -0.39 is 11.9 Å². The first-order valence-corrected chi connectivity index (χ1v) is 12.0. The highest BCUT2D eigenvalue weighted by atomic mass is 19.1. The van der Waals surface area contributed by atoms with Crippen LogP contribution >= 0.6 is 0 Å². The summed E-state index contributed by atoms with van der Waals surface area (Å²) in [6.45, 7) is 8.17. The number of nitrogens with zero attached hydrogens (tertiary/aromatic N) is 2. The lowest BCUT2D eigenvalue weighted by Crippen LogP contribution is -2.49. The Bertz CT molecular complexity index is 1140. The monoisotopic (exact) mass is 492 g/mol. The fourth-order valence-corrected chi connectivity index (χ4v) is 4.12. The van der Waals surface area contributed by atoms with Gasteiger partial charge in [0.2, 0.25) is 0 Å². The Balaban J connectivity index is 0.000000840. The molecule has 0 atom stereocenters. The third-order valence-corrected chi connectivity index (χ3v) is 6.09. The van der Waals surface area contributed by atoms with Crippen molar-refractivity contribution in [3.63, 3.8) is 0 Å². The van der Waals surface area contributed by atoms with Crippen LogP contribution in [-0.4, -0.2) is 46.2 Å². The summed E-state index contributed by atoms with van der Waals surface area (Å²) < 4.78 is 13.3. The molecule has 0 aromatic heterocycles. The Morgan fingerprint density at radius 2 is 1.36 bits per heavy atom. The number of anilines is 1. The third-order valence-electron chi connectivity index (χ3n) is 6.09. The minimum absolute atomic E-state index is 0.220. The van der Waals surface area contributed by atoms with E-state index >= 15 is 0 Å². The molecule has 0 amide bonds. The Hall–Kier alpha value is -3.71. The van der Waals surface area contributed by atoms with Gasteiger partial charge in [-0.15, -0.1) is 0 Å². The lowest BCUT2D eigenvalue weighted by Gasteiger charge is -2.36. The quantitative estimate of drug-likeness (QED) is 0.431.